The average Bonchev–Trinajstić information content (AvgIpc) is 3.37. The third kappa shape index (κ3) is 8.12. The van der Waals surface area contributed by atoms with Gasteiger partial charge >= 0.3 is 5.97 Å². The number of methoxy groups -OCH3 is 2. The van der Waals surface area contributed by atoms with Crippen molar-refractivity contribution in [1.29, 1.82) is 0 Å². The second-order valence-electron chi connectivity index (χ2n) is 11.5. The molecule has 2 atom stereocenters. The summed E-state index contributed by atoms with van der Waals surface area (Å²) in [5.74, 6) is 1.05. The van der Waals surface area contributed by atoms with E-state index in [2.05, 4.69) is 5.32 Å². The van der Waals surface area contributed by atoms with Crippen LogP contribution in [-0.4, -0.2) is 49.9 Å². The highest BCUT2D eigenvalue weighted by molar-refractivity contribution is 8.02. The van der Waals surface area contributed by atoms with Crippen molar-refractivity contribution in [3.63, 3.8) is 0 Å². The molecule has 1 fully saturated rings. The van der Waals surface area contributed by atoms with Crippen LogP contribution in [0.4, 0.5) is 5.69 Å². The lowest BCUT2D eigenvalue weighted by atomic mass is 10.0. The first-order valence-electron chi connectivity index (χ1n) is 15.8. The van der Waals surface area contributed by atoms with Crippen LogP contribution in [0.15, 0.2) is 97.1 Å². The minimum absolute atomic E-state index is 0.0225. The van der Waals surface area contributed by atoms with Crippen LogP contribution in [-0.2, 0) is 27.4 Å². The number of hydrogen-bond acceptors (Lipinski definition) is 8. The zero-order valence-electron chi connectivity index (χ0n) is 27.6. The molecule has 1 N–H and O–H groups in total. The van der Waals surface area contributed by atoms with Gasteiger partial charge in [0.05, 0.1) is 26.4 Å². The second kappa shape index (κ2) is 15.8. The minimum atomic E-state index is -1.07. The van der Waals surface area contributed by atoms with Crippen LogP contribution < -0.4 is 24.4 Å². The summed E-state index contributed by atoms with van der Waals surface area (Å²) in [7, 11) is 2.91. The molecule has 0 aromatic heterocycles. The van der Waals surface area contributed by atoms with Crippen molar-refractivity contribution in [1.82, 2.24) is 5.32 Å². The van der Waals surface area contributed by atoms with Crippen molar-refractivity contribution in [3.8, 4) is 17.2 Å². The van der Waals surface area contributed by atoms with Crippen LogP contribution in [0.1, 0.15) is 52.7 Å². The summed E-state index contributed by atoms with van der Waals surface area (Å²) in [6, 6.07) is 30.0. The maximum Gasteiger partial charge on any atom is 0.337 e. The fraction of sp³-hybridized carbons (Fsp3) is 0.289. The fourth-order valence-electron chi connectivity index (χ4n) is 5.53. The highest BCUT2D eigenvalue weighted by Crippen LogP contribution is 2.53. The number of amides is 2. The summed E-state index contributed by atoms with van der Waals surface area (Å²) in [5.41, 5.74) is 3.78. The lowest BCUT2D eigenvalue weighted by Gasteiger charge is -2.25. The van der Waals surface area contributed by atoms with Gasteiger partial charge in [-0.2, -0.15) is 0 Å². The van der Waals surface area contributed by atoms with Crippen LogP contribution in [0.2, 0.25) is 0 Å². The van der Waals surface area contributed by atoms with E-state index in [1.165, 1.54) is 18.9 Å². The van der Waals surface area contributed by atoms with Gasteiger partial charge in [0, 0.05) is 18.7 Å². The van der Waals surface area contributed by atoms with Crippen molar-refractivity contribution in [2.24, 2.45) is 0 Å². The van der Waals surface area contributed by atoms with E-state index in [4.69, 9.17) is 18.9 Å². The molecule has 1 aliphatic rings. The fourth-order valence-corrected chi connectivity index (χ4v) is 7.05. The standard InChI is InChI=1S/C38H40N2O7S/c1-5-46-33-22-26(14-19-32(33)44-3)20-21-39-34(41)24-38(2)37(43)40(30-13-9-12-29(23-30)36(42)45-4)35(48-38)28-15-17-31(18-16-28)47-25-27-10-7-6-8-11-27/h6-19,22-23,35H,5,20-21,24-25H2,1-4H3,(H,39,41)/t35-,38+/m0/s1. The quantitative estimate of drug-likeness (QED) is 0.147. The van der Waals surface area contributed by atoms with Gasteiger partial charge in [0.25, 0.3) is 0 Å². The molecular formula is C38H40N2O7S. The van der Waals surface area contributed by atoms with Gasteiger partial charge in [-0.1, -0.05) is 54.6 Å². The summed E-state index contributed by atoms with van der Waals surface area (Å²) >= 11 is 1.41. The number of carbonyl (C=O) groups is 3. The molecule has 10 heteroatoms. The van der Waals surface area contributed by atoms with Crippen LogP contribution >= 0.6 is 11.8 Å². The molecule has 1 heterocycles. The first-order chi connectivity index (χ1) is 23.2. The van der Waals surface area contributed by atoms with Gasteiger partial charge in [0.2, 0.25) is 11.8 Å². The first kappa shape index (κ1) is 34.4. The number of esters is 1. The van der Waals surface area contributed by atoms with E-state index in [-0.39, 0.29) is 18.2 Å². The van der Waals surface area contributed by atoms with Gasteiger partial charge in [-0.05, 0) is 79.4 Å². The van der Waals surface area contributed by atoms with Gasteiger partial charge in [-0.3, -0.25) is 14.5 Å². The Balaban J connectivity index is 1.32. The van der Waals surface area contributed by atoms with E-state index in [1.54, 1.807) is 43.2 Å². The molecule has 48 heavy (non-hydrogen) atoms. The van der Waals surface area contributed by atoms with E-state index in [0.717, 1.165) is 16.7 Å². The molecule has 9 nitrogen and oxygen atoms in total. The third-order valence-corrected chi connectivity index (χ3v) is 9.54. The molecule has 4 aromatic carbocycles. The second-order valence-corrected chi connectivity index (χ2v) is 13.0. The smallest absolute Gasteiger partial charge is 0.337 e. The molecule has 0 saturated carbocycles. The number of thioether (sulfide) groups is 1. The molecule has 0 aliphatic carbocycles. The van der Waals surface area contributed by atoms with Gasteiger partial charge in [0.15, 0.2) is 11.5 Å². The zero-order chi connectivity index (χ0) is 34.1. The lowest BCUT2D eigenvalue weighted by Crippen LogP contribution is -2.41. The van der Waals surface area contributed by atoms with E-state index in [0.29, 0.717) is 54.7 Å². The summed E-state index contributed by atoms with van der Waals surface area (Å²) in [6.45, 7) is 5.05. The maximum absolute atomic E-state index is 14.2. The Morgan fingerprint density at radius 3 is 2.35 bits per heavy atom. The van der Waals surface area contributed by atoms with Crippen molar-refractivity contribution in [2.75, 3.05) is 32.3 Å². The summed E-state index contributed by atoms with van der Waals surface area (Å²) < 4.78 is 20.9. The third-order valence-electron chi connectivity index (χ3n) is 8.00. The Hall–Kier alpha value is -4.96. The van der Waals surface area contributed by atoms with E-state index < -0.39 is 16.1 Å². The van der Waals surface area contributed by atoms with Crippen molar-refractivity contribution < 1.29 is 33.3 Å². The molecular weight excluding hydrogens is 628 g/mol. The molecule has 1 saturated heterocycles. The zero-order valence-corrected chi connectivity index (χ0v) is 28.4. The highest BCUT2D eigenvalue weighted by atomic mass is 32.2. The van der Waals surface area contributed by atoms with E-state index in [9.17, 15) is 14.4 Å². The van der Waals surface area contributed by atoms with Gasteiger partial charge in [0.1, 0.15) is 22.5 Å². The Labute approximate surface area is 285 Å². The Morgan fingerprint density at radius 2 is 1.65 bits per heavy atom. The maximum atomic E-state index is 14.2. The normalized spacial score (nSPS) is 17.1. The van der Waals surface area contributed by atoms with Crippen LogP contribution in [0.25, 0.3) is 0 Å². The predicted octanol–water partition coefficient (Wildman–Crippen LogP) is 6.75. The number of nitrogens with one attached hydrogen (secondary N) is 1. The highest BCUT2D eigenvalue weighted by Gasteiger charge is 2.51. The molecule has 250 valence electrons. The average molecular weight is 669 g/mol. The topological polar surface area (TPSA) is 103 Å². The number of benzene rings is 4. The largest absolute Gasteiger partial charge is 0.493 e. The Bertz CT molecular complexity index is 1730. The predicted molar refractivity (Wildman–Crippen MR) is 187 cm³/mol. The summed E-state index contributed by atoms with van der Waals surface area (Å²) in [6.07, 6.45) is 0.562. The SMILES string of the molecule is CCOc1cc(CCNC(=O)C[C@@]2(C)S[C@@H](c3ccc(OCc4ccccc4)cc3)N(c3cccc(C(=O)OC)c3)C2=O)ccc1OC. The number of anilines is 1. The number of ether oxygens (including phenoxy) is 4. The molecule has 0 spiro atoms. The minimum Gasteiger partial charge on any atom is -0.493 e. The monoisotopic (exact) mass is 668 g/mol. The van der Waals surface area contributed by atoms with Crippen molar-refractivity contribution in [3.05, 3.63) is 119 Å². The molecule has 2 amide bonds. The van der Waals surface area contributed by atoms with Gasteiger partial charge in [-0.15, -0.1) is 11.8 Å². The molecule has 5 rings (SSSR count). The number of rotatable bonds is 14. The Morgan fingerprint density at radius 1 is 0.875 bits per heavy atom. The summed E-state index contributed by atoms with van der Waals surface area (Å²) in [5, 5.41) is 2.53. The van der Waals surface area contributed by atoms with Crippen molar-refractivity contribution in [2.45, 2.75) is 43.4 Å². The molecule has 0 bridgehead atoms. The molecule has 4 aromatic rings. The number of hydrogen-bond donors (Lipinski definition) is 1. The molecule has 0 radical (unpaired) electrons. The lowest BCUT2D eigenvalue weighted by molar-refractivity contribution is -0.126. The number of carbonyl (C=O) groups excluding carboxylic acids is 3. The first-order valence-corrected chi connectivity index (χ1v) is 16.7. The van der Waals surface area contributed by atoms with Gasteiger partial charge in [-0.25, -0.2) is 4.79 Å². The van der Waals surface area contributed by atoms with Crippen LogP contribution in [0.5, 0.6) is 17.2 Å². The van der Waals surface area contributed by atoms with E-state index in [1.807, 2.05) is 79.7 Å². The van der Waals surface area contributed by atoms with Crippen LogP contribution in [0.3, 0.4) is 0 Å². The van der Waals surface area contributed by atoms with Crippen molar-refractivity contribution >= 4 is 35.2 Å². The van der Waals surface area contributed by atoms with E-state index >= 15 is 0 Å². The molecule has 1 aliphatic heterocycles. The number of nitrogens with zero attached hydrogens (tertiary/aromatic N) is 1. The van der Waals surface area contributed by atoms with Gasteiger partial charge < -0.3 is 24.3 Å². The molecule has 0 unspecified atom stereocenters. The Kier molecular flexibility index (Phi) is 11.3. The van der Waals surface area contributed by atoms with Crippen LogP contribution in [0, 0.1) is 0 Å². The summed E-state index contributed by atoms with van der Waals surface area (Å²) in [4.78, 5) is 41.6.